The Morgan fingerprint density at radius 3 is 2.73 bits per heavy atom. The number of nitrogens with one attached hydrogen (secondary N) is 4. The summed E-state index contributed by atoms with van der Waals surface area (Å²) in [5.41, 5.74) is 1.75. The van der Waals surface area contributed by atoms with E-state index in [4.69, 9.17) is 9.47 Å². The number of nitrogens with zero attached hydrogens (tertiary/aromatic N) is 3. The third kappa shape index (κ3) is 7.95. The first-order valence-electron chi connectivity index (χ1n) is 12.1. The molecule has 5 rings (SSSR count). The summed E-state index contributed by atoms with van der Waals surface area (Å²) in [6.45, 7) is 6.53. The largest absolute Gasteiger partial charge is 0.494 e. The lowest BCUT2D eigenvalue weighted by molar-refractivity contribution is -0.115. The average molecular weight is 508 g/mol. The Bertz CT molecular complexity index is 1300. The monoisotopic (exact) mass is 507 g/mol. The predicted octanol–water partition coefficient (Wildman–Crippen LogP) is 3.81. The van der Waals surface area contributed by atoms with Crippen molar-refractivity contribution in [3.05, 3.63) is 66.4 Å². The second-order valence-corrected chi connectivity index (χ2v) is 8.25. The summed E-state index contributed by atoms with van der Waals surface area (Å²) < 4.78 is 23.9. The van der Waals surface area contributed by atoms with Crippen molar-refractivity contribution in [1.82, 2.24) is 25.5 Å². The van der Waals surface area contributed by atoms with Gasteiger partial charge in [0.2, 0.25) is 5.91 Å². The molecule has 2 aromatic heterocycles. The van der Waals surface area contributed by atoms with Crippen molar-refractivity contribution in [2.45, 2.75) is 19.8 Å². The molecule has 0 unspecified atom stereocenters. The fraction of sp³-hybridized carbons (Fsp3) is 0.308. The van der Waals surface area contributed by atoms with E-state index in [0.717, 1.165) is 49.4 Å². The van der Waals surface area contributed by atoms with Crippen molar-refractivity contribution in [3.63, 3.8) is 0 Å². The van der Waals surface area contributed by atoms with Gasteiger partial charge in [0.15, 0.2) is 5.82 Å². The zero-order valence-electron chi connectivity index (χ0n) is 20.6. The average Bonchev–Trinajstić information content (AvgIpc) is 3.35. The van der Waals surface area contributed by atoms with Gasteiger partial charge in [0.05, 0.1) is 31.8 Å². The molecule has 1 saturated heterocycles. The summed E-state index contributed by atoms with van der Waals surface area (Å²) in [6, 6.07) is 13.1. The number of morpholine rings is 1. The first kappa shape index (κ1) is 26.0. The summed E-state index contributed by atoms with van der Waals surface area (Å²) in [5.74, 6) is 1.17. The Morgan fingerprint density at radius 2 is 2.00 bits per heavy atom. The van der Waals surface area contributed by atoms with E-state index in [1.54, 1.807) is 12.1 Å². The molecule has 1 fully saturated rings. The van der Waals surface area contributed by atoms with Crippen LogP contribution in [0.2, 0.25) is 0 Å². The van der Waals surface area contributed by atoms with Gasteiger partial charge in [0, 0.05) is 42.0 Å². The van der Waals surface area contributed by atoms with Crippen LogP contribution in [-0.4, -0.2) is 59.0 Å². The van der Waals surface area contributed by atoms with Crippen LogP contribution < -0.4 is 20.7 Å². The van der Waals surface area contributed by atoms with Crippen molar-refractivity contribution in [2.75, 3.05) is 43.5 Å². The zero-order chi connectivity index (χ0) is 25.9. The molecule has 37 heavy (non-hydrogen) atoms. The predicted molar refractivity (Wildman–Crippen MR) is 140 cm³/mol. The van der Waals surface area contributed by atoms with Gasteiger partial charge >= 0.3 is 0 Å². The first-order chi connectivity index (χ1) is 18.1. The number of rotatable bonds is 8. The molecule has 10 nitrogen and oxygen atoms in total. The third-order valence-electron chi connectivity index (χ3n) is 5.26. The number of halogens is 1. The minimum atomic E-state index is -0.410. The summed E-state index contributed by atoms with van der Waals surface area (Å²) in [6.07, 6.45) is 2.46. The molecule has 0 saturated carbocycles. The number of hydrogen-bond donors (Lipinski definition) is 4. The maximum Gasteiger partial charge on any atom is 0.230 e. The van der Waals surface area contributed by atoms with Crippen molar-refractivity contribution in [3.8, 4) is 5.75 Å². The third-order valence-corrected chi connectivity index (χ3v) is 5.26. The number of benzene rings is 2. The Morgan fingerprint density at radius 1 is 1.14 bits per heavy atom. The highest BCUT2D eigenvalue weighted by molar-refractivity contribution is 5.93. The molecule has 4 N–H and O–H groups in total. The van der Waals surface area contributed by atoms with Gasteiger partial charge in [0.1, 0.15) is 23.7 Å². The Kier molecular flexibility index (Phi) is 9.33. The van der Waals surface area contributed by atoms with Gasteiger partial charge in [-0.3, -0.25) is 9.89 Å². The van der Waals surface area contributed by atoms with Gasteiger partial charge in [-0.2, -0.15) is 5.10 Å². The molecular formula is C26H30FN7O3. The van der Waals surface area contributed by atoms with Crippen LogP contribution in [0.3, 0.4) is 0 Å². The van der Waals surface area contributed by atoms with Crippen LogP contribution in [0, 0.1) is 5.82 Å². The van der Waals surface area contributed by atoms with E-state index in [2.05, 4.69) is 43.0 Å². The summed E-state index contributed by atoms with van der Waals surface area (Å²) in [7, 11) is 0. The molecular weight excluding hydrogens is 477 g/mol. The molecule has 194 valence electrons. The van der Waals surface area contributed by atoms with Crippen LogP contribution in [0.4, 0.5) is 21.7 Å². The highest BCUT2D eigenvalue weighted by Crippen LogP contribution is 2.26. The lowest BCUT2D eigenvalue weighted by Crippen LogP contribution is -2.30. The number of aromatic nitrogens is 4. The Hall–Kier alpha value is -4.09. The van der Waals surface area contributed by atoms with Gasteiger partial charge in [-0.1, -0.05) is 13.0 Å². The maximum absolute atomic E-state index is 13.2. The smallest absolute Gasteiger partial charge is 0.230 e. The lowest BCUT2D eigenvalue weighted by Gasteiger charge is -2.10. The van der Waals surface area contributed by atoms with Crippen LogP contribution >= 0.6 is 0 Å². The van der Waals surface area contributed by atoms with Crippen molar-refractivity contribution < 1.29 is 18.7 Å². The van der Waals surface area contributed by atoms with E-state index in [1.807, 2.05) is 18.2 Å². The molecule has 4 aromatic rings. The molecule has 0 bridgehead atoms. The van der Waals surface area contributed by atoms with Gasteiger partial charge in [-0.05, 0) is 36.8 Å². The Labute approximate surface area is 214 Å². The quantitative estimate of drug-likeness (QED) is 0.284. The molecule has 1 aliphatic heterocycles. The number of H-pyrrole nitrogens is 1. The van der Waals surface area contributed by atoms with E-state index >= 15 is 0 Å². The molecule has 0 atom stereocenters. The van der Waals surface area contributed by atoms with Crippen LogP contribution in [0.25, 0.3) is 10.9 Å². The van der Waals surface area contributed by atoms with Gasteiger partial charge < -0.3 is 25.4 Å². The molecule has 0 radical (unpaired) electrons. The fourth-order valence-corrected chi connectivity index (χ4v) is 3.54. The second kappa shape index (κ2) is 13.3. The molecule has 3 heterocycles. The normalized spacial score (nSPS) is 12.9. The topological polar surface area (TPSA) is 126 Å². The number of fused-ring (bicyclic) bond motifs is 1. The van der Waals surface area contributed by atoms with Crippen molar-refractivity contribution >= 4 is 34.1 Å². The number of aromatic amines is 1. The molecule has 11 heteroatoms. The standard InChI is InChI=1S/C22H21FN6O2.C4H9NO/c1-2-8-31-17-6-7-18-19(12-17)24-13-25-22(18)27-20-10-16(28-29-20)11-21(30)26-15-5-3-4-14(23)9-15;1-3-6-4-2-5-1/h3-7,9-10,12-13H,2,8,11H2,1H3,(H,26,30)(H2,24,25,27,28,29);5H,1-4H2. The van der Waals surface area contributed by atoms with E-state index in [0.29, 0.717) is 29.6 Å². The number of carbonyl (C=O) groups excluding carboxylic acids is 1. The molecule has 2 aromatic carbocycles. The van der Waals surface area contributed by atoms with Crippen LogP contribution in [0.1, 0.15) is 19.0 Å². The second-order valence-electron chi connectivity index (χ2n) is 8.25. The number of hydrogen-bond acceptors (Lipinski definition) is 8. The SMILES string of the molecule is C1COCCN1.CCCOc1ccc2c(Nc3cc(CC(=O)Nc4cccc(F)c4)[nH]n3)ncnc2c1. The summed E-state index contributed by atoms with van der Waals surface area (Å²) in [4.78, 5) is 20.8. The van der Waals surface area contributed by atoms with E-state index < -0.39 is 5.82 Å². The van der Waals surface area contributed by atoms with Crippen LogP contribution in [0.5, 0.6) is 5.75 Å². The van der Waals surface area contributed by atoms with E-state index in [9.17, 15) is 9.18 Å². The van der Waals surface area contributed by atoms with Gasteiger partial charge in [-0.25, -0.2) is 14.4 Å². The summed E-state index contributed by atoms with van der Waals surface area (Å²) in [5, 5.41) is 16.8. The minimum absolute atomic E-state index is 0.0633. The van der Waals surface area contributed by atoms with Gasteiger partial charge in [0.25, 0.3) is 0 Å². The highest BCUT2D eigenvalue weighted by Gasteiger charge is 2.11. The van der Waals surface area contributed by atoms with Crippen molar-refractivity contribution in [1.29, 1.82) is 0 Å². The van der Waals surface area contributed by atoms with Gasteiger partial charge in [-0.15, -0.1) is 0 Å². The first-order valence-corrected chi connectivity index (χ1v) is 12.1. The number of amides is 1. The van der Waals surface area contributed by atoms with Crippen LogP contribution in [0.15, 0.2) is 54.9 Å². The molecule has 0 aliphatic carbocycles. The number of ether oxygens (including phenoxy) is 2. The highest BCUT2D eigenvalue weighted by atomic mass is 19.1. The zero-order valence-corrected chi connectivity index (χ0v) is 20.6. The van der Waals surface area contributed by atoms with E-state index in [-0.39, 0.29) is 12.3 Å². The molecule has 0 spiro atoms. The summed E-state index contributed by atoms with van der Waals surface area (Å²) >= 11 is 0. The lowest BCUT2D eigenvalue weighted by atomic mass is 10.2. The Balaban J connectivity index is 0.000000469. The number of carbonyl (C=O) groups is 1. The fourth-order valence-electron chi connectivity index (χ4n) is 3.54. The molecule has 1 aliphatic rings. The van der Waals surface area contributed by atoms with E-state index in [1.165, 1.54) is 24.5 Å². The minimum Gasteiger partial charge on any atom is -0.494 e. The van der Waals surface area contributed by atoms with Crippen molar-refractivity contribution in [2.24, 2.45) is 0 Å². The number of anilines is 3. The van der Waals surface area contributed by atoms with Crippen LogP contribution in [-0.2, 0) is 16.0 Å². The maximum atomic E-state index is 13.2. The molecule has 1 amide bonds.